The van der Waals surface area contributed by atoms with Gasteiger partial charge in [-0.3, -0.25) is 9.78 Å². The Bertz CT molecular complexity index is 490. The number of piperidine rings is 1. The second-order valence-electron chi connectivity index (χ2n) is 4.80. The zero-order valence-corrected chi connectivity index (χ0v) is 11.1. The lowest BCUT2D eigenvalue weighted by molar-refractivity contribution is -0.184. The maximum atomic E-state index is 12.8. The number of nitrogens with one attached hydrogen (secondary N) is 1. The highest BCUT2D eigenvalue weighted by Gasteiger charge is 2.42. The zero-order valence-electron chi connectivity index (χ0n) is 11.1. The molecule has 1 atom stereocenters. The zero-order chi connectivity index (χ0) is 14.8. The lowest BCUT2D eigenvalue weighted by atomic mass is 9.97. The van der Waals surface area contributed by atoms with E-state index < -0.39 is 18.0 Å². The average Bonchev–Trinajstić information content (AvgIpc) is 2.45. The van der Waals surface area contributed by atoms with Crippen LogP contribution in [0.15, 0.2) is 18.5 Å². The number of pyridine rings is 1. The van der Waals surface area contributed by atoms with Gasteiger partial charge in [-0.05, 0) is 18.9 Å². The Morgan fingerprint density at radius 1 is 1.50 bits per heavy atom. The first-order valence-corrected chi connectivity index (χ1v) is 6.41. The van der Waals surface area contributed by atoms with Crippen LogP contribution in [0.2, 0.25) is 0 Å². The van der Waals surface area contributed by atoms with Gasteiger partial charge in [0.05, 0.1) is 11.5 Å². The lowest BCUT2D eigenvalue weighted by Gasteiger charge is -2.34. The van der Waals surface area contributed by atoms with E-state index in [0.717, 1.165) is 0 Å². The summed E-state index contributed by atoms with van der Waals surface area (Å²) in [5.74, 6) is -1.84. The summed E-state index contributed by atoms with van der Waals surface area (Å²) >= 11 is 0. The largest absolute Gasteiger partial charge is 0.393 e. The number of nitrogens with zero attached hydrogens (tertiary/aromatic N) is 2. The highest BCUT2D eigenvalue weighted by molar-refractivity contribution is 5.99. The molecule has 4 nitrogen and oxygen atoms in total. The van der Waals surface area contributed by atoms with Crippen LogP contribution in [0.3, 0.4) is 0 Å². The van der Waals surface area contributed by atoms with Gasteiger partial charge in [0.15, 0.2) is 0 Å². The Balaban J connectivity index is 2.17. The SMILES string of the molecule is CNc1ccncc1C(=O)N1CCCC(C(F)(F)F)C1. The first-order valence-electron chi connectivity index (χ1n) is 6.41. The summed E-state index contributed by atoms with van der Waals surface area (Å²) in [6, 6.07) is 1.62. The van der Waals surface area contributed by atoms with Gasteiger partial charge in [-0.2, -0.15) is 13.2 Å². The molecule has 0 aliphatic carbocycles. The Labute approximate surface area is 115 Å². The van der Waals surface area contributed by atoms with Crippen molar-refractivity contribution in [3.63, 3.8) is 0 Å². The van der Waals surface area contributed by atoms with Gasteiger partial charge in [0.2, 0.25) is 0 Å². The number of hydrogen-bond donors (Lipinski definition) is 1. The highest BCUT2D eigenvalue weighted by Crippen LogP contribution is 2.33. The third kappa shape index (κ3) is 3.02. The highest BCUT2D eigenvalue weighted by atomic mass is 19.4. The van der Waals surface area contributed by atoms with Crippen LogP contribution < -0.4 is 5.32 Å². The molecule has 2 heterocycles. The molecule has 1 amide bonds. The molecule has 7 heteroatoms. The minimum Gasteiger partial charge on any atom is -0.387 e. The molecule has 1 unspecified atom stereocenters. The molecule has 1 aliphatic heterocycles. The molecule has 110 valence electrons. The summed E-state index contributed by atoms with van der Waals surface area (Å²) in [4.78, 5) is 17.5. The van der Waals surface area contributed by atoms with Crippen LogP contribution in [0.5, 0.6) is 0 Å². The van der Waals surface area contributed by atoms with E-state index in [1.807, 2.05) is 0 Å². The van der Waals surface area contributed by atoms with Crippen molar-refractivity contribution in [3.8, 4) is 0 Å². The molecule has 0 bridgehead atoms. The maximum absolute atomic E-state index is 12.8. The van der Waals surface area contributed by atoms with Gasteiger partial charge in [-0.25, -0.2) is 0 Å². The fourth-order valence-corrected chi connectivity index (χ4v) is 2.38. The Morgan fingerprint density at radius 2 is 2.25 bits per heavy atom. The fraction of sp³-hybridized carbons (Fsp3) is 0.538. The van der Waals surface area contributed by atoms with E-state index in [4.69, 9.17) is 0 Å². The summed E-state index contributed by atoms with van der Waals surface area (Å²) in [6.45, 7) is 0.0733. The molecule has 0 radical (unpaired) electrons. The first kappa shape index (κ1) is 14.6. The van der Waals surface area contributed by atoms with Crippen LogP contribution in [-0.4, -0.2) is 42.1 Å². The van der Waals surface area contributed by atoms with Gasteiger partial charge in [0.25, 0.3) is 5.91 Å². The second kappa shape index (κ2) is 5.68. The number of carbonyl (C=O) groups excluding carboxylic acids is 1. The molecular weight excluding hydrogens is 271 g/mol. The van der Waals surface area contributed by atoms with E-state index in [9.17, 15) is 18.0 Å². The van der Waals surface area contributed by atoms with Gasteiger partial charge in [-0.1, -0.05) is 0 Å². The van der Waals surface area contributed by atoms with Crippen molar-refractivity contribution in [1.82, 2.24) is 9.88 Å². The number of hydrogen-bond acceptors (Lipinski definition) is 3. The summed E-state index contributed by atoms with van der Waals surface area (Å²) in [5.41, 5.74) is 0.872. The molecule has 0 saturated carbocycles. The van der Waals surface area contributed by atoms with E-state index >= 15 is 0 Å². The summed E-state index contributed by atoms with van der Waals surface area (Å²) in [5, 5.41) is 2.85. The van der Waals surface area contributed by atoms with Crippen molar-refractivity contribution in [1.29, 1.82) is 0 Å². The number of rotatable bonds is 2. The summed E-state index contributed by atoms with van der Waals surface area (Å²) < 4.78 is 38.3. The fourth-order valence-electron chi connectivity index (χ4n) is 2.38. The minimum absolute atomic E-state index is 0.0825. The van der Waals surface area contributed by atoms with Crippen LogP contribution in [-0.2, 0) is 0 Å². The smallest absolute Gasteiger partial charge is 0.387 e. The van der Waals surface area contributed by atoms with Crippen LogP contribution >= 0.6 is 0 Å². The third-order valence-corrected chi connectivity index (χ3v) is 3.49. The molecule has 1 aliphatic rings. The monoisotopic (exact) mass is 287 g/mol. The van der Waals surface area contributed by atoms with E-state index in [1.165, 1.54) is 17.3 Å². The number of aromatic nitrogens is 1. The number of anilines is 1. The van der Waals surface area contributed by atoms with Gasteiger partial charge < -0.3 is 10.2 Å². The molecular formula is C13H16F3N3O. The lowest BCUT2D eigenvalue weighted by Crippen LogP contribution is -2.44. The van der Waals surface area contributed by atoms with Gasteiger partial charge in [-0.15, -0.1) is 0 Å². The number of amides is 1. The summed E-state index contributed by atoms with van der Waals surface area (Å²) in [7, 11) is 1.65. The Kier molecular flexibility index (Phi) is 4.15. The van der Waals surface area contributed by atoms with Crippen molar-refractivity contribution in [2.24, 2.45) is 5.92 Å². The second-order valence-corrected chi connectivity index (χ2v) is 4.80. The molecule has 2 rings (SSSR count). The van der Waals surface area contributed by atoms with Crippen LogP contribution in [0.1, 0.15) is 23.2 Å². The molecule has 1 aromatic heterocycles. The predicted molar refractivity (Wildman–Crippen MR) is 68.5 cm³/mol. The van der Waals surface area contributed by atoms with Gasteiger partial charge in [0, 0.05) is 38.2 Å². The minimum atomic E-state index is -4.25. The number of alkyl halides is 3. The van der Waals surface area contributed by atoms with Crippen molar-refractivity contribution < 1.29 is 18.0 Å². The van der Waals surface area contributed by atoms with Crippen molar-refractivity contribution in [2.45, 2.75) is 19.0 Å². The summed E-state index contributed by atoms with van der Waals surface area (Å²) in [6.07, 6.45) is -0.896. The number of likely N-dealkylation sites (tertiary alicyclic amines) is 1. The predicted octanol–water partition coefficient (Wildman–Crippen LogP) is 2.54. The Hall–Kier alpha value is -1.79. The third-order valence-electron chi connectivity index (χ3n) is 3.49. The van der Waals surface area contributed by atoms with Crippen LogP contribution in [0.25, 0.3) is 0 Å². The van der Waals surface area contributed by atoms with Gasteiger partial charge in [0.1, 0.15) is 0 Å². The molecule has 0 aromatic carbocycles. The average molecular weight is 287 g/mol. The number of halogens is 3. The van der Waals surface area contributed by atoms with Crippen molar-refractivity contribution in [2.75, 3.05) is 25.5 Å². The first-order chi connectivity index (χ1) is 9.43. The Morgan fingerprint density at radius 3 is 2.90 bits per heavy atom. The van der Waals surface area contributed by atoms with E-state index in [-0.39, 0.29) is 13.0 Å². The topological polar surface area (TPSA) is 45.2 Å². The van der Waals surface area contributed by atoms with E-state index in [2.05, 4.69) is 10.3 Å². The van der Waals surface area contributed by atoms with E-state index in [1.54, 1.807) is 13.1 Å². The van der Waals surface area contributed by atoms with Crippen molar-refractivity contribution in [3.05, 3.63) is 24.0 Å². The number of carbonyl (C=O) groups is 1. The van der Waals surface area contributed by atoms with Crippen LogP contribution in [0.4, 0.5) is 18.9 Å². The van der Waals surface area contributed by atoms with Crippen LogP contribution in [0, 0.1) is 5.92 Å². The van der Waals surface area contributed by atoms with E-state index in [0.29, 0.717) is 24.2 Å². The van der Waals surface area contributed by atoms with Gasteiger partial charge >= 0.3 is 6.18 Å². The molecule has 0 spiro atoms. The maximum Gasteiger partial charge on any atom is 0.393 e. The normalized spacial score (nSPS) is 19.8. The molecule has 1 aromatic rings. The quantitative estimate of drug-likeness (QED) is 0.909. The molecule has 1 saturated heterocycles. The molecule has 1 N–H and O–H groups in total. The molecule has 1 fully saturated rings. The molecule has 20 heavy (non-hydrogen) atoms. The van der Waals surface area contributed by atoms with Crippen molar-refractivity contribution >= 4 is 11.6 Å². The standard InChI is InChI=1S/C13H16F3N3O/c1-17-11-4-5-18-7-10(11)12(20)19-6-2-3-9(8-19)13(14,15)16/h4-5,7,9H,2-3,6,8H2,1H3,(H,17,18).